The van der Waals surface area contributed by atoms with E-state index < -0.39 is 5.54 Å². The third-order valence-corrected chi connectivity index (χ3v) is 8.10. The van der Waals surface area contributed by atoms with Gasteiger partial charge in [-0.3, -0.25) is 9.59 Å². The van der Waals surface area contributed by atoms with Crippen molar-refractivity contribution in [3.63, 3.8) is 0 Å². The number of nitrogens with one attached hydrogen (secondary N) is 1. The summed E-state index contributed by atoms with van der Waals surface area (Å²) in [6, 6.07) is 14.8. The molecule has 3 aliphatic heterocycles. The van der Waals surface area contributed by atoms with E-state index in [1.807, 2.05) is 35.2 Å². The first-order chi connectivity index (χ1) is 18.9. The number of carbonyl (C=O) groups is 3. The average Bonchev–Trinajstić information content (AvgIpc) is 3.24. The maximum Gasteiger partial charge on any atom is 0.321 e. The maximum absolute atomic E-state index is 14.0. The Balaban J connectivity index is 1.30. The second-order valence-corrected chi connectivity index (χ2v) is 10.4. The fourth-order valence-corrected chi connectivity index (χ4v) is 5.89. The molecule has 1 spiro atoms. The summed E-state index contributed by atoms with van der Waals surface area (Å²) in [5.74, 6) is 1.14. The number of hydrogen-bond donors (Lipinski definition) is 1. The molecular weight excluding hydrogens is 498 g/mol. The Bertz CT molecular complexity index is 1170. The molecule has 0 bridgehead atoms. The highest BCUT2D eigenvalue weighted by Gasteiger charge is 2.54. The molecule has 0 saturated carbocycles. The van der Waals surface area contributed by atoms with Crippen LogP contribution in [0.5, 0.6) is 11.5 Å². The smallest absolute Gasteiger partial charge is 0.321 e. The molecule has 3 fully saturated rings. The molecule has 0 unspecified atom stereocenters. The highest BCUT2D eigenvalue weighted by atomic mass is 16.5. The number of hydrogen-bond acceptors (Lipinski definition) is 6. The Hall–Kier alpha value is -3.95. The van der Waals surface area contributed by atoms with Gasteiger partial charge in [0, 0.05) is 55.8 Å². The van der Waals surface area contributed by atoms with Gasteiger partial charge in [-0.15, -0.1) is 0 Å². The number of benzene rings is 2. The van der Waals surface area contributed by atoms with Crippen molar-refractivity contribution in [1.29, 1.82) is 0 Å². The number of nitrogens with zero attached hydrogens (tertiary/aromatic N) is 4. The zero-order valence-electron chi connectivity index (χ0n) is 22.7. The number of amides is 4. The van der Waals surface area contributed by atoms with Crippen LogP contribution in [0.4, 0.5) is 16.2 Å². The second-order valence-electron chi connectivity index (χ2n) is 10.4. The Kier molecular flexibility index (Phi) is 7.81. The predicted molar refractivity (Wildman–Crippen MR) is 148 cm³/mol. The van der Waals surface area contributed by atoms with Crippen molar-refractivity contribution < 1.29 is 23.9 Å². The van der Waals surface area contributed by atoms with Crippen LogP contribution in [-0.4, -0.2) is 91.7 Å². The van der Waals surface area contributed by atoms with Crippen molar-refractivity contribution in [2.24, 2.45) is 0 Å². The van der Waals surface area contributed by atoms with E-state index in [4.69, 9.17) is 9.47 Å². The van der Waals surface area contributed by atoms with Crippen LogP contribution in [0.25, 0.3) is 0 Å². The highest BCUT2D eigenvalue weighted by Crippen LogP contribution is 2.39. The summed E-state index contributed by atoms with van der Waals surface area (Å²) < 4.78 is 10.6. The molecule has 39 heavy (non-hydrogen) atoms. The number of carbonyl (C=O) groups excluding carboxylic acids is 3. The molecule has 4 amide bonds. The summed E-state index contributed by atoms with van der Waals surface area (Å²) >= 11 is 0. The zero-order valence-corrected chi connectivity index (χ0v) is 22.7. The minimum atomic E-state index is -0.792. The van der Waals surface area contributed by atoms with Crippen molar-refractivity contribution >= 4 is 29.2 Å². The summed E-state index contributed by atoms with van der Waals surface area (Å²) in [6.07, 6.45) is 4.13. The minimum absolute atomic E-state index is 0.0126. The van der Waals surface area contributed by atoms with Crippen molar-refractivity contribution in [3.05, 3.63) is 48.5 Å². The van der Waals surface area contributed by atoms with Gasteiger partial charge in [0.25, 0.3) is 5.91 Å². The van der Waals surface area contributed by atoms with E-state index in [1.54, 1.807) is 42.2 Å². The number of likely N-dealkylation sites (tertiary alicyclic amines) is 2. The van der Waals surface area contributed by atoms with E-state index in [1.165, 1.54) is 0 Å². The Morgan fingerprint density at radius 2 is 1.51 bits per heavy atom. The van der Waals surface area contributed by atoms with Gasteiger partial charge in [0.2, 0.25) is 5.91 Å². The quantitative estimate of drug-likeness (QED) is 0.610. The number of para-hydroxylation sites is 1. The van der Waals surface area contributed by atoms with Crippen LogP contribution in [0.2, 0.25) is 0 Å². The van der Waals surface area contributed by atoms with Gasteiger partial charge in [0.15, 0.2) is 0 Å². The first kappa shape index (κ1) is 26.6. The normalized spacial score (nSPS) is 18.9. The minimum Gasteiger partial charge on any atom is -0.497 e. The van der Waals surface area contributed by atoms with Crippen LogP contribution in [0.15, 0.2) is 48.5 Å². The largest absolute Gasteiger partial charge is 0.497 e. The van der Waals surface area contributed by atoms with E-state index in [9.17, 15) is 14.4 Å². The lowest BCUT2D eigenvalue weighted by Crippen LogP contribution is -2.58. The molecule has 5 rings (SSSR count). The van der Waals surface area contributed by atoms with Crippen molar-refractivity contribution in [2.45, 2.75) is 37.6 Å². The van der Waals surface area contributed by atoms with E-state index in [0.29, 0.717) is 49.8 Å². The Labute approximate surface area is 229 Å². The molecule has 10 heteroatoms. The monoisotopic (exact) mass is 535 g/mol. The van der Waals surface area contributed by atoms with Crippen LogP contribution in [0, 0.1) is 0 Å². The molecule has 3 saturated heterocycles. The van der Waals surface area contributed by atoms with Gasteiger partial charge >= 0.3 is 6.03 Å². The van der Waals surface area contributed by atoms with Crippen molar-refractivity contribution in [2.75, 3.05) is 63.8 Å². The standard InChI is InChI=1S/C29H37N5O5/c1-38-24-17-22(18-25(19-24)39-2)30-28(37)32-15-11-29(12-16-32)27(36)33(20-26(35)31-13-7-4-8-14-31)21-34(29)23-9-5-3-6-10-23/h3,5-6,9-10,17-19H,4,7-8,11-16,20-21H2,1-2H3,(H,30,37). The number of urea groups is 1. The molecule has 2 aromatic rings. The van der Waals surface area contributed by atoms with E-state index in [0.717, 1.165) is 38.0 Å². The fourth-order valence-electron chi connectivity index (χ4n) is 5.89. The SMILES string of the molecule is COc1cc(NC(=O)N2CCC3(CC2)C(=O)N(CC(=O)N2CCCCC2)CN3c2ccccc2)cc(OC)c1. The lowest BCUT2D eigenvalue weighted by Gasteiger charge is -2.43. The molecule has 0 aromatic heterocycles. The predicted octanol–water partition coefficient (Wildman–Crippen LogP) is 3.39. The van der Waals surface area contributed by atoms with Crippen LogP contribution in [0.3, 0.4) is 0 Å². The van der Waals surface area contributed by atoms with Gasteiger partial charge in [-0.1, -0.05) is 18.2 Å². The Morgan fingerprint density at radius 1 is 0.872 bits per heavy atom. The molecule has 1 N–H and O–H groups in total. The van der Waals surface area contributed by atoms with Crippen LogP contribution < -0.4 is 19.7 Å². The Morgan fingerprint density at radius 3 is 2.13 bits per heavy atom. The molecule has 10 nitrogen and oxygen atoms in total. The molecule has 0 radical (unpaired) electrons. The summed E-state index contributed by atoms with van der Waals surface area (Å²) in [6.45, 7) is 2.80. The van der Waals surface area contributed by atoms with Crippen molar-refractivity contribution in [3.8, 4) is 11.5 Å². The maximum atomic E-state index is 14.0. The molecule has 0 aliphatic carbocycles. The summed E-state index contributed by atoms with van der Waals surface area (Å²) in [5.41, 5.74) is 0.723. The number of anilines is 2. The second kappa shape index (κ2) is 11.4. The lowest BCUT2D eigenvalue weighted by molar-refractivity contribution is -0.141. The third-order valence-electron chi connectivity index (χ3n) is 8.10. The van der Waals surface area contributed by atoms with Gasteiger partial charge in [0.1, 0.15) is 23.6 Å². The fraction of sp³-hybridized carbons (Fsp3) is 0.483. The summed E-state index contributed by atoms with van der Waals surface area (Å²) in [4.78, 5) is 47.6. The van der Waals surface area contributed by atoms with Gasteiger partial charge in [-0.05, 0) is 44.2 Å². The van der Waals surface area contributed by atoms with Gasteiger partial charge in [-0.25, -0.2) is 4.79 Å². The van der Waals surface area contributed by atoms with Gasteiger partial charge < -0.3 is 34.4 Å². The molecular formula is C29H37N5O5. The van der Waals surface area contributed by atoms with Gasteiger partial charge in [0.05, 0.1) is 20.9 Å². The third kappa shape index (κ3) is 5.46. The molecule has 208 valence electrons. The zero-order chi connectivity index (χ0) is 27.4. The molecule has 0 atom stereocenters. The highest BCUT2D eigenvalue weighted by molar-refractivity contribution is 5.97. The lowest BCUT2D eigenvalue weighted by atomic mass is 9.85. The van der Waals surface area contributed by atoms with E-state index >= 15 is 0 Å². The molecule has 2 aromatic carbocycles. The first-order valence-corrected chi connectivity index (χ1v) is 13.6. The average molecular weight is 536 g/mol. The first-order valence-electron chi connectivity index (χ1n) is 13.6. The number of methoxy groups -OCH3 is 2. The topological polar surface area (TPSA) is 94.7 Å². The number of ether oxygens (including phenoxy) is 2. The van der Waals surface area contributed by atoms with Crippen molar-refractivity contribution in [1.82, 2.24) is 14.7 Å². The summed E-state index contributed by atoms with van der Waals surface area (Å²) in [7, 11) is 3.12. The molecule has 3 heterocycles. The molecule has 3 aliphatic rings. The number of piperidine rings is 2. The van der Waals surface area contributed by atoms with E-state index in [-0.39, 0.29) is 24.4 Å². The summed E-state index contributed by atoms with van der Waals surface area (Å²) in [5, 5.41) is 2.93. The van der Waals surface area contributed by atoms with Crippen LogP contribution in [-0.2, 0) is 9.59 Å². The van der Waals surface area contributed by atoms with E-state index in [2.05, 4.69) is 10.2 Å². The van der Waals surface area contributed by atoms with Crippen LogP contribution >= 0.6 is 0 Å². The van der Waals surface area contributed by atoms with Crippen LogP contribution in [0.1, 0.15) is 32.1 Å². The van der Waals surface area contributed by atoms with Gasteiger partial charge in [-0.2, -0.15) is 0 Å². The number of rotatable bonds is 6.